The Kier molecular flexibility index (Phi) is 5.40. The number of benzene rings is 1. The minimum atomic E-state index is -0.729. The number of likely N-dealkylation sites (tertiary alicyclic amines) is 2. The minimum Gasteiger partial charge on any atom is -0.391 e. The van der Waals surface area contributed by atoms with E-state index < -0.39 is 11.8 Å². The van der Waals surface area contributed by atoms with Crippen molar-refractivity contribution in [2.45, 2.75) is 43.9 Å². The third-order valence-electron chi connectivity index (χ3n) is 5.96. The molecule has 3 amide bonds. The highest BCUT2D eigenvalue weighted by atomic mass is 35.5. The van der Waals surface area contributed by atoms with Crippen LogP contribution < -0.4 is 10.6 Å². The zero-order valence-corrected chi connectivity index (χ0v) is 16.9. The largest absolute Gasteiger partial charge is 0.391 e. The number of β-amino-alcohol motifs (C(OH)–C–C–N with tert-alkyl or cyclic N) is 1. The lowest BCUT2D eigenvalue weighted by atomic mass is 9.95. The molecule has 1 aromatic rings. The van der Waals surface area contributed by atoms with Crippen molar-refractivity contribution in [2.24, 2.45) is 0 Å². The summed E-state index contributed by atoms with van der Waals surface area (Å²) in [6.45, 7) is 1.29. The number of halogens is 1. The first-order valence-corrected chi connectivity index (χ1v) is 10.4. The number of piperidine rings is 1. The minimum absolute atomic E-state index is 0.00176. The molecule has 1 aromatic carbocycles. The molecule has 8 nitrogen and oxygen atoms in total. The van der Waals surface area contributed by atoms with Crippen LogP contribution in [0.4, 0.5) is 5.69 Å². The number of hydrogen-bond donors (Lipinski definition) is 3. The molecule has 156 valence electrons. The van der Waals surface area contributed by atoms with Crippen molar-refractivity contribution in [3.05, 3.63) is 28.8 Å². The normalized spacial score (nSPS) is 27.2. The van der Waals surface area contributed by atoms with Crippen LogP contribution >= 0.6 is 11.6 Å². The fraction of sp³-hybridized carbons (Fsp3) is 0.550. The van der Waals surface area contributed by atoms with Crippen LogP contribution in [0, 0.1) is 0 Å². The Labute approximate surface area is 174 Å². The van der Waals surface area contributed by atoms with Gasteiger partial charge in [0.05, 0.1) is 18.2 Å². The number of fused-ring (bicyclic) bond motifs is 1. The summed E-state index contributed by atoms with van der Waals surface area (Å²) < 4.78 is 0. The van der Waals surface area contributed by atoms with Crippen molar-refractivity contribution in [1.82, 2.24) is 15.1 Å². The average Bonchev–Trinajstić information content (AvgIpc) is 2.83. The van der Waals surface area contributed by atoms with Crippen molar-refractivity contribution >= 4 is 35.0 Å². The van der Waals surface area contributed by atoms with E-state index in [0.29, 0.717) is 55.2 Å². The maximum Gasteiger partial charge on any atom is 0.255 e. The van der Waals surface area contributed by atoms with E-state index in [1.54, 1.807) is 28.0 Å². The average molecular weight is 421 g/mol. The summed E-state index contributed by atoms with van der Waals surface area (Å²) in [4.78, 5) is 41.0. The Balaban J connectivity index is 1.44. The maximum absolute atomic E-state index is 12.6. The molecule has 9 heteroatoms. The molecule has 0 bridgehead atoms. The van der Waals surface area contributed by atoms with Gasteiger partial charge < -0.3 is 25.5 Å². The van der Waals surface area contributed by atoms with Crippen LogP contribution in [-0.4, -0.2) is 70.6 Å². The van der Waals surface area contributed by atoms with Gasteiger partial charge in [0.1, 0.15) is 5.66 Å². The Morgan fingerprint density at radius 3 is 2.86 bits per heavy atom. The topological polar surface area (TPSA) is 102 Å². The van der Waals surface area contributed by atoms with Gasteiger partial charge in [0, 0.05) is 43.2 Å². The van der Waals surface area contributed by atoms with E-state index >= 15 is 0 Å². The molecule has 0 aromatic heterocycles. The second-order valence-corrected chi connectivity index (χ2v) is 8.49. The van der Waals surface area contributed by atoms with Gasteiger partial charge in [-0.05, 0) is 37.5 Å². The molecule has 3 N–H and O–H groups in total. The third-order valence-corrected chi connectivity index (χ3v) is 6.19. The van der Waals surface area contributed by atoms with Gasteiger partial charge in [0.25, 0.3) is 5.91 Å². The van der Waals surface area contributed by atoms with Gasteiger partial charge in [-0.2, -0.15) is 0 Å². The lowest BCUT2D eigenvalue weighted by molar-refractivity contribution is -0.141. The van der Waals surface area contributed by atoms with Crippen molar-refractivity contribution in [3.8, 4) is 0 Å². The van der Waals surface area contributed by atoms with E-state index in [4.69, 9.17) is 11.6 Å². The van der Waals surface area contributed by atoms with Crippen molar-refractivity contribution in [1.29, 1.82) is 0 Å². The van der Waals surface area contributed by atoms with Crippen LogP contribution in [0.1, 0.15) is 42.5 Å². The number of carbonyl (C=O) groups is 3. The Bertz CT molecular complexity index is 848. The number of aliphatic hydroxyl groups excluding tert-OH is 1. The predicted octanol–water partition coefficient (Wildman–Crippen LogP) is 1.19. The van der Waals surface area contributed by atoms with Gasteiger partial charge in [-0.1, -0.05) is 11.6 Å². The lowest BCUT2D eigenvalue weighted by Crippen LogP contribution is -2.58. The molecule has 29 heavy (non-hydrogen) atoms. The van der Waals surface area contributed by atoms with Crippen LogP contribution in [0.5, 0.6) is 0 Å². The van der Waals surface area contributed by atoms with Gasteiger partial charge >= 0.3 is 0 Å². The number of rotatable bonds is 2. The van der Waals surface area contributed by atoms with Gasteiger partial charge in [-0.25, -0.2) is 0 Å². The zero-order chi connectivity index (χ0) is 20.6. The smallest absolute Gasteiger partial charge is 0.255 e. The number of nitrogens with zero attached hydrogens (tertiary/aromatic N) is 2. The molecule has 0 aliphatic carbocycles. The van der Waals surface area contributed by atoms with Crippen LogP contribution in [0.15, 0.2) is 18.2 Å². The third kappa shape index (κ3) is 4.18. The first kappa shape index (κ1) is 20.0. The SMILES string of the molecule is O=C1N[C@@]2(CCC(=O)N(CC(=O)N3CCC[C@@H](O)C3)CC2)Nc2ccc(Cl)cc21. The highest BCUT2D eigenvalue weighted by Gasteiger charge is 2.41. The van der Waals surface area contributed by atoms with Crippen molar-refractivity contribution < 1.29 is 19.5 Å². The fourth-order valence-corrected chi connectivity index (χ4v) is 4.47. The summed E-state index contributed by atoms with van der Waals surface area (Å²) in [7, 11) is 0. The van der Waals surface area contributed by atoms with Crippen molar-refractivity contribution in [2.75, 3.05) is 31.5 Å². The molecule has 2 atom stereocenters. The molecule has 3 aliphatic heterocycles. The number of nitrogens with one attached hydrogen (secondary N) is 2. The molecule has 3 aliphatic rings. The second kappa shape index (κ2) is 7.84. The molecule has 0 unspecified atom stereocenters. The number of anilines is 1. The van der Waals surface area contributed by atoms with E-state index in [-0.39, 0.29) is 30.7 Å². The van der Waals surface area contributed by atoms with Crippen LogP contribution in [0.3, 0.4) is 0 Å². The van der Waals surface area contributed by atoms with Gasteiger partial charge in [-0.3, -0.25) is 14.4 Å². The van der Waals surface area contributed by atoms with E-state index in [1.165, 1.54) is 0 Å². The number of hydrogen-bond acceptors (Lipinski definition) is 5. The fourth-order valence-electron chi connectivity index (χ4n) is 4.30. The highest BCUT2D eigenvalue weighted by Crippen LogP contribution is 2.33. The molecule has 3 heterocycles. The van der Waals surface area contributed by atoms with E-state index in [1.807, 2.05) is 0 Å². The Morgan fingerprint density at radius 2 is 2.07 bits per heavy atom. The van der Waals surface area contributed by atoms with Crippen LogP contribution in [-0.2, 0) is 9.59 Å². The van der Waals surface area contributed by atoms with Crippen LogP contribution in [0.2, 0.25) is 5.02 Å². The standard InChI is InChI=1S/C20H25ClN4O4/c21-13-3-4-16-15(10-13)19(29)23-20(22-16)6-5-17(27)25(9-7-20)12-18(28)24-8-1-2-14(26)11-24/h3-4,10,14,22,26H,1-2,5-9,11-12H2,(H,23,29)/t14-,20-/m1/s1. The second-order valence-electron chi connectivity index (χ2n) is 8.05. The van der Waals surface area contributed by atoms with E-state index in [0.717, 1.165) is 6.42 Å². The lowest BCUT2D eigenvalue weighted by Gasteiger charge is -2.40. The molecule has 0 saturated carbocycles. The zero-order valence-electron chi connectivity index (χ0n) is 16.1. The van der Waals surface area contributed by atoms with Gasteiger partial charge in [0.2, 0.25) is 11.8 Å². The number of carbonyl (C=O) groups excluding carboxylic acids is 3. The number of aliphatic hydroxyl groups is 1. The first-order chi connectivity index (χ1) is 13.8. The molecule has 0 radical (unpaired) electrons. The van der Waals surface area contributed by atoms with Gasteiger partial charge in [-0.15, -0.1) is 0 Å². The molecule has 2 fully saturated rings. The van der Waals surface area contributed by atoms with E-state index in [9.17, 15) is 19.5 Å². The molecule has 4 rings (SSSR count). The van der Waals surface area contributed by atoms with Crippen molar-refractivity contribution in [3.63, 3.8) is 0 Å². The number of amides is 3. The summed E-state index contributed by atoms with van der Waals surface area (Å²) >= 11 is 5.99. The predicted molar refractivity (Wildman–Crippen MR) is 108 cm³/mol. The molecular weight excluding hydrogens is 396 g/mol. The highest BCUT2D eigenvalue weighted by molar-refractivity contribution is 6.31. The molecular formula is C20H25ClN4O4. The summed E-state index contributed by atoms with van der Waals surface area (Å²) in [5.41, 5.74) is 0.444. The summed E-state index contributed by atoms with van der Waals surface area (Å²) in [5.74, 6) is -0.472. The first-order valence-electron chi connectivity index (χ1n) is 9.99. The molecule has 2 saturated heterocycles. The van der Waals surface area contributed by atoms with Crippen LogP contribution in [0.25, 0.3) is 0 Å². The molecule has 1 spiro atoms. The Morgan fingerprint density at radius 1 is 1.24 bits per heavy atom. The van der Waals surface area contributed by atoms with Gasteiger partial charge in [0.15, 0.2) is 0 Å². The summed E-state index contributed by atoms with van der Waals surface area (Å²) in [6.07, 6.45) is 2.13. The van der Waals surface area contributed by atoms with E-state index in [2.05, 4.69) is 10.6 Å². The quantitative estimate of drug-likeness (QED) is 0.667. The monoisotopic (exact) mass is 420 g/mol. The maximum atomic E-state index is 12.6. The summed E-state index contributed by atoms with van der Waals surface area (Å²) in [6, 6.07) is 5.11. The Hall–Kier alpha value is -2.32. The summed E-state index contributed by atoms with van der Waals surface area (Å²) in [5, 5.41) is 16.7.